The minimum Gasteiger partial charge on any atom is -0.295 e. The Bertz CT molecular complexity index is 1070. The van der Waals surface area contributed by atoms with Crippen LogP contribution in [0.5, 0.6) is 0 Å². The van der Waals surface area contributed by atoms with Crippen LogP contribution in [-0.4, -0.2) is 24.7 Å². The molecule has 0 N–H and O–H groups in total. The smallest absolute Gasteiger partial charge is 0.295 e. The van der Waals surface area contributed by atoms with Gasteiger partial charge in [-0.25, -0.2) is 4.98 Å². The molecule has 0 amide bonds. The van der Waals surface area contributed by atoms with Crippen molar-refractivity contribution in [2.24, 2.45) is 0 Å². The molecule has 0 spiro atoms. The van der Waals surface area contributed by atoms with Gasteiger partial charge in [0.15, 0.2) is 0 Å². The molecule has 4 rings (SSSR count). The third-order valence-electron chi connectivity index (χ3n) is 4.07. The normalized spacial score (nSPS) is 10.6. The molecule has 8 heteroatoms. The Morgan fingerprint density at radius 2 is 1.57 bits per heavy atom. The molecule has 8 nitrogen and oxygen atoms in total. The van der Waals surface area contributed by atoms with E-state index in [1.807, 2.05) is 78.6 Å². The number of nitrogens with zero attached hydrogens (tertiary/aromatic N) is 6. The monoisotopic (exact) mass is 372 g/mol. The fraction of sp³-hybridized carbons (Fsp3) is 0.0500. The summed E-state index contributed by atoms with van der Waals surface area (Å²) in [6, 6.07) is 21.5. The van der Waals surface area contributed by atoms with Crippen LogP contribution in [0.25, 0.3) is 5.95 Å². The number of para-hydroxylation sites is 2. The summed E-state index contributed by atoms with van der Waals surface area (Å²) in [6.45, 7) is 1.85. The van der Waals surface area contributed by atoms with Gasteiger partial charge < -0.3 is 0 Å². The molecule has 0 aliphatic carbocycles. The van der Waals surface area contributed by atoms with E-state index >= 15 is 0 Å². The van der Waals surface area contributed by atoms with Crippen LogP contribution in [0.4, 0.5) is 22.9 Å². The van der Waals surface area contributed by atoms with Crippen molar-refractivity contribution in [2.75, 3.05) is 4.90 Å². The van der Waals surface area contributed by atoms with Gasteiger partial charge in [-0.3, -0.25) is 15.0 Å². The lowest BCUT2D eigenvalue weighted by atomic mass is 10.2. The molecule has 0 unspecified atom stereocenters. The molecule has 0 aliphatic heterocycles. The molecule has 0 radical (unpaired) electrons. The molecule has 0 saturated carbocycles. The number of aromatic nitrogens is 4. The van der Waals surface area contributed by atoms with E-state index in [2.05, 4.69) is 15.1 Å². The summed E-state index contributed by atoms with van der Waals surface area (Å²) in [6.07, 6.45) is 2.48. The molecular formula is C20H16N6O2. The van der Waals surface area contributed by atoms with E-state index in [4.69, 9.17) is 0 Å². The highest BCUT2D eigenvalue weighted by Crippen LogP contribution is 2.33. The molecule has 0 aliphatic rings. The van der Waals surface area contributed by atoms with E-state index in [0.717, 1.165) is 17.1 Å². The average molecular weight is 372 g/mol. The van der Waals surface area contributed by atoms with E-state index in [0.29, 0.717) is 5.82 Å². The van der Waals surface area contributed by atoms with E-state index in [9.17, 15) is 10.1 Å². The predicted octanol–water partition coefficient (Wildman–Crippen LogP) is 4.35. The Kier molecular flexibility index (Phi) is 4.51. The van der Waals surface area contributed by atoms with Gasteiger partial charge in [0.1, 0.15) is 18.2 Å². The summed E-state index contributed by atoms with van der Waals surface area (Å²) >= 11 is 0. The largest absolute Gasteiger partial charge is 0.307 e. The first-order valence-corrected chi connectivity index (χ1v) is 8.57. The molecular weight excluding hydrogens is 356 g/mol. The standard InChI is InChI=1S/C20H16N6O2/c1-15-12-19(23-20(22-15)24-14-18(13-21-24)26(27)28)25(16-8-4-2-5-9-16)17-10-6-3-7-11-17/h2-14H,1H3. The second-order valence-corrected chi connectivity index (χ2v) is 6.07. The summed E-state index contributed by atoms with van der Waals surface area (Å²) in [5.41, 5.74) is 2.47. The minimum atomic E-state index is -0.500. The SMILES string of the molecule is Cc1cc(N(c2ccccc2)c2ccccc2)nc(-n2cc([N+](=O)[O-])cn2)n1. The highest BCUT2D eigenvalue weighted by atomic mass is 16.6. The van der Waals surface area contributed by atoms with Gasteiger partial charge in [0.05, 0.1) is 4.92 Å². The zero-order chi connectivity index (χ0) is 19.5. The summed E-state index contributed by atoms with van der Waals surface area (Å²) < 4.78 is 1.31. The summed E-state index contributed by atoms with van der Waals surface area (Å²) in [4.78, 5) is 21.5. The van der Waals surface area contributed by atoms with Crippen molar-refractivity contribution >= 4 is 22.9 Å². The van der Waals surface area contributed by atoms with Crippen molar-refractivity contribution in [3.05, 3.63) is 94.9 Å². The van der Waals surface area contributed by atoms with Crippen LogP contribution in [0, 0.1) is 17.0 Å². The number of rotatable bonds is 5. The molecule has 0 bridgehead atoms. The third-order valence-corrected chi connectivity index (χ3v) is 4.07. The van der Waals surface area contributed by atoms with Crippen molar-refractivity contribution in [3.63, 3.8) is 0 Å². The first-order valence-electron chi connectivity index (χ1n) is 8.57. The van der Waals surface area contributed by atoms with Gasteiger partial charge in [-0.15, -0.1) is 0 Å². The molecule has 4 aromatic rings. The summed E-state index contributed by atoms with van der Waals surface area (Å²) in [5, 5.41) is 15.0. The van der Waals surface area contributed by atoms with Gasteiger partial charge in [0.25, 0.3) is 5.95 Å². The van der Waals surface area contributed by atoms with Crippen molar-refractivity contribution in [1.29, 1.82) is 0 Å². The maximum atomic E-state index is 11.0. The number of nitro groups is 1. The Hall–Kier alpha value is -4.07. The number of aryl methyl sites for hydroxylation is 1. The highest BCUT2D eigenvalue weighted by molar-refractivity contribution is 5.74. The van der Waals surface area contributed by atoms with E-state index in [-0.39, 0.29) is 11.6 Å². The highest BCUT2D eigenvalue weighted by Gasteiger charge is 2.17. The third kappa shape index (κ3) is 3.43. The molecule has 138 valence electrons. The van der Waals surface area contributed by atoms with Crippen molar-refractivity contribution in [2.45, 2.75) is 6.92 Å². The number of hydrogen-bond acceptors (Lipinski definition) is 6. The number of anilines is 3. The molecule has 2 aromatic carbocycles. The first kappa shape index (κ1) is 17.3. The zero-order valence-corrected chi connectivity index (χ0v) is 15.0. The van der Waals surface area contributed by atoms with Crippen LogP contribution in [-0.2, 0) is 0 Å². The lowest BCUT2D eigenvalue weighted by molar-refractivity contribution is -0.384. The van der Waals surface area contributed by atoms with Crippen molar-refractivity contribution in [1.82, 2.24) is 19.7 Å². The zero-order valence-electron chi connectivity index (χ0n) is 15.0. The molecule has 2 aromatic heterocycles. The molecule has 0 saturated heterocycles. The lowest BCUT2D eigenvalue weighted by Crippen LogP contribution is -2.14. The molecule has 0 atom stereocenters. The molecule has 28 heavy (non-hydrogen) atoms. The van der Waals surface area contributed by atoms with E-state index < -0.39 is 4.92 Å². The quantitative estimate of drug-likeness (QED) is 0.382. The van der Waals surface area contributed by atoms with Crippen LogP contribution in [0.3, 0.4) is 0 Å². The van der Waals surface area contributed by atoms with Gasteiger partial charge >= 0.3 is 5.69 Å². The first-order chi connectivity index (χ1) is 13.6. The predicted molar refractivity (Wildman–Crippen MR) is 105 cm³/mol. The number of hydrogen-bond donors (Lipinski definition) is 0. The van der Waals surface area contributed by atoms with Crippen LogP contribution in [0.1, 0.15) is 5.69 Å². The Morgan fingerprint density at radius 1 is 0.964 bits per heavy atom. The lowest BCUT2D eigenvalue weighted by Gasteiger charge is -2.24. The van der Waals surface area contributed by atoms with Crippen molar-refractivity contribution < 1.29 is 4.92 Å². The minimum absolute atomic E-state index is 0.116. The summed E-state index contributed by atoms with van der Waals surface area (Å²) in [5.74, 6) is 0.901. The number of benzene rings is 2. The second-order valence-electron chi connectivity index (χ2n) is 6.07. The van der Waals surface area contributed by atoms with Gasteiger partial charge in [0, 0.05) is 23.1 Å². The van der Waals surface area contributed by atoms with Crippen LogP contribution < -0.4 is 4.90 Å². The van der Waals surface area contributed by atoms with Crippen LogP contribution in [0.2, 0.25) is 0 Å². The van der Waals surface area contributed by atoms with Gasteiger partial charge in [-0.1, -0.05) is 36.4 Å². The van der Waals surface area contributed by atoms with Gasteiger partial charge in [-0.2, -0.15) is 14.8 Å². The average Bonchev–Trinajstić information content (AvgIpc) is 3.20. The fourth-order valence-corrected chi connectivity index (χ4v) is 2.84. The molecule has 2 heterocycles. The van der Waals surface area contributed by atoms with Gasteiger partial charge in [-0.05, 0) is 31.2 Å². The van der Waals surface area contributed by atoms with Crippen LogP contribution in [0.15, 0.2) is 79.1 Å². The topological polar surface area (TPSA) is 90.0 Å². The van der Waals surface area contributed by atoms with Crippen LogP contribution >= 0.6 is 0 Å². The Labute approximate surface area is 160 Å². The van der Waals surface area contributed by atoms with E-state index in [1.165, 1.54) is 17.1 Å². The van der Waals surface area contributed by atoms with E-state index in [1.54, 1.807) is 0 Å². The summed E-state index contributed by atoms with van der Waals surface area (Å²) in [7, 11) is 0. The van der Waals surface area contributed by atoms with Gasteiger partial charge in [0.2, 0.25) is 0 Å². The van der Waals surface area contributed by atoms with Crippen molar-refractivity contribution in [3.8, 4) is 5.95 Å². The maximum Gasteiger partial charge on any atom is 0.307 e. The Balaban J connectivity index is 1.85. The molecule has 0 fully saturated rings. The second kappa shape index (κ2) is 7.28. The maximum absolute atomic E-state index is 11.0. The fourth-order valence-electron chi connectivity index (χ4n) is 2.84. The Morgan fingerprint density at radius 3 is 2.11 bits per heavy atom.